The third kappa shape index (κ3) is 6.48. The molecule has 2 aromatic carbocycles. The maximum absolute atomic E-state index is 13.3. The van der Waals surface area contributed by atoms with E-state index in [-0.39, 0.29) is 11.6 Å². The Kier molecular flexibility index (Phi) is 6.74. The van der Waals surface area contributed by atoms with Gasteiger partial charge in [-0.2, -0.15) is 0 Å². The molecule has 140 valence electrons. The Labute approximate surface area is 154 Å². The second-order valence-electron chi connectivity index (χ2n) is 6.27. The molecule has 0 fully saturated rings. The van der Waals surface area contributed by atoms with Crippen LogP contribution in [0.2, 0.25) is 0 Å². The first-order valence-corrected chi connectivity index (χ1v) is 10.2. The van der Waals surface area contributed by atoms with Crippen LogP contribution in [0.3, 0.4) is 0 Å². The molecule has 5 nitrogen and oxygen atoms in total. The molecule has 0 amide bonds. The zero-order valence-electron chi connectivity index (χ0n) is 15.2. The van der Waals surface area contributed by atoms with E-state index in [2.05, 4.69) is 10.3 Å². The number of nitrogens with zero attached hydrogens (tertiary/aromatic N) is 2. The molecule has 0 spiro atoms. The van der Waals surface area contributed by atoms with E-state index in [1.54, 1.807) is 13.1 Å². The first kappa shape index (κ1) is 19.9. The monoisotopic (exact) mass is 377 g/mol. The Morgan fingerprint density at radius 1 is 1.12 bits per heavy atom. The summed E-state index contributed by atoms with van der Waals surface area (Å²) >= 11 is 0. The van der Waals surface area contributed by atoms with Crippen molar-refractivity contribution in [1.29, 1.82) is 0 Å². The van der Waals surface area contributed by atoms with Gasteiger partial charge in [0.05, 0.1) is 5.75 Å². The second kappa shape index (κ2) is 8.80. The summed E-state index contributed by atoms with van der Waals surface area (Å²) in [5.74, 6) is 0.473. The number of halogens is 1. The van der Waals surface area contributed by atoms with Gasteiger partial charge in [0.15, 0.2) is 15.8 Å². The van der Waals surface area contributed by atoms with Crippen molar-refractivity contribution in [3.63, 3.8) is 0 Å². The molecule has 7 heteroatoms. The summed E-state index contributed by atoms with van der Waals surface area (Å²) in [6.45, 7) is 1.09. The number of nitrogens with one attached hydrogen (secondary N) is 1. The zero-order chi connectivity index (χ0) is 19.2. The fraction of sp³-hybridized carbons (Fsp3) is 0.316. The van der Waals surface area contributed by atoms with Gasteiger partial charge in [0.1, 0.15) is 5.82 Å². The molecule has 0 atom stereocenters. The molecule has 2 rings (SSSR count). The van der Waals surface area contributed by atoms with Crippen LogP contribution in [-0.4, -0.2) is 39.6 Å². The van der Waals surface area contributed by atoms with E-state index in [1.807, 2.05) is 42.3 Å². The topological polar surface area (TPSA) is 61.8 Å². The molecule has 0 saturated heterocycles. The number of guanidine groups is 1. The molecule has 0 heterocycles. The summed E-state index contributed by atoms with van der Waals surface area (Å²) in [7, 11) is 0.547. The van der Waals surface area contributed by atoms with Crippen LogP contribution in [0.15, 0.2) is 53.5 Å². The first-order valence-electron chi connectivity index (χ1n) is 8.18. The Bertz CT molecular complexity index is 865. The summed E-state index contributed by atoms with van der Waals surface area (Å²) in [6.07, 6.45) is 1.22. The lowest BCUT2D eigenvalue weighted by molar-refractivity contribution is 0.474. The van der Waals surface area contributed by atoms with E-state index in [1.165, 1.54) is 18.4 Å². The number of rotatable bonds is 6. The molecular weight excluding hydrogens is 353 g/mol. The highest BCUT2D eigenvalue weighted by atomic mass is 32.2. The third-order valence-electron chi connectivity index (χ3n) is 3.78. The normalized spacial score (nSPS) is 12.1. The van der Waals surface area contributed by atoms with E-state index >= 15 is 0 Å². The molecular formula is C19H24FN3O2S. The van der Waals surface area contributed by atoms with E-state index < -0.39 is 9.84 Å². The van der Waals surface area contributed by atoms with Crippen molar-refractivity contribution in [3.8, 4) is 0 Å². The smallest absolute Gasteiger partial charge is 0.193 e. The summed E-state index contributed by atoms with van der Waals surface area (Å²) in [5.41, 5.74) is 2.65. The van der Waals surface area contributed by atoms with Gasteiger partial charge in [-0.05, 0) is 28.8 Å². The molecule has 0 saturated carbocycles. The fourth-order valence-electron chi connectivity index (χ4n) is 2.61. The number of hydrogen-bond donors (Lipinski definition) is 1. The molecule has 0 aliphatic rings. The summed E-state index contributed by atoms with van der Waals surface area (Å²) in [6, 6.07) is 13.9. The van der Waals surface area contributed by atoms with Crippen molar-refractivity contribution in [2.75, 3.05) is 20.4 Å². The number of hydrogen-bond acceptors (Lipinski definition) is 3. The van der Waals surface area contributed by atoms with Crippen LogP contribution >= 0.6 is 0 Å². The maximum atomic E-state index is 13.3. The number of aliphatic imine (C=N–C) groups is 1. The highest BCUT2D eigenvalue weighted by Gasteiger charge is 2.08. The van der Waals surface area contributed by atoms with Crippen molar-refractivity contribution in [2.24, 2.45) is 4.99 Å². The quantitative estimate of drug-likeness (QED) is 0.621. The van der Waals surface area contributed by atoms with Crippen LogP contribution in [0, 0.1) is 5.82 Å². The van der Waals surface area contributed by atoms with Gasteiger partial charge in [-0.15, -0.1) is 0 Å². The largest absolute Gasteiger partial charge is 0.352 e. The molecule has 26 heavy (non-hydrogen) atoms. The van der Waals surface area contributed by atoms with Crippen molar-refractivity contribution >= 4 is 15.8 Å². The van der Waals surface area contributed by atoms with E-state index in [4.69, 9.17) is 0 Å². The maximum Gasteiger partial charge on any atom is 0.193 e. The van der Waals surface area contributed by atoms with Gasteiger partial charge in [-0.1, -0.05) is 36.4 Å². The van der Waals surface area contributed by atoms with Gasteiger partial charge >= 0.3 is 0 Å². The van der Waals surface area contributed by atoms with Gasteiger partial charge in [0.25, 0.3) is 0 Å². The molecule has 1 N–H and O–H groups in total. The molecule has 0 aromatic heterocycles. The Hall–Kier alpha value is -2.41. The summed E-state index contributed by atoms with van der Waals surface area (Å²) in [4.78, 5) is 6.16. The molecule has 0 unspecified atom stereocenters. The van der Waals surface area contributed by atoms with Gasteiger partial charge in [-0.25, -0.2) is 12.8 Å². The lowest BCUT2D eigenvalue weighted by atomic mass is 10.1. The van der Waals surface area contributed by atoms with E-state index in [0.29, 0.717) is 19.0 Å². The van der Waals surface area contributed by atoms with Gasteiger partial charge in [0.2, 0.25) is 0 Å². The summed E-state index contributed by atoms with van der Waals surface area (Å²) < 4.78 is 36.0. The van der Waals surface area contributed by atoms with Crippen molar-refractivity contribution < 1.29 is 12.8 Å². The molecule has 0 bridgehead atoms. The van der Waals surface area contributed by atoms with Crippen LogP contribution in [0.1, 0.15) is 16.7 Å². The Morgan fingerprint density at radius 2 is 1.77 bits per heavy atom. The minimum atomic E-state index is -3.03. The lowest BCUT2D eigenvalue weighted by Crippen LogP contribution is -2.38. The molecule has 0 aliphatic carbocycles. The number of benzene rings is 2. The Morgan fingerprint density at radius 3 is 2.35 bits per heavy atom. The van der Waals surface area contributed by atoms with E-state index in [0.717, 1.165) is 16.7 Å². The molecule has 0 aliphatic heterocycles. The third-order valence-corrected chi connectivity index (χ3v) is 4.64. The summed E-state index contributed by atoms with van der Waals surface area (Å²) in [5, 5.41) is 3.25. The average Bonchev–Trinajstić information content (AvgIpc) is 2.55. The first-order chi connectivity index (χ1) is 12.3. The predicted molar refractivity (Wildman–Crippen MR) is 103 cm³/mol. The minimum absolute atomic E-state index is 0.0404. The van der Waals surface area contributed by atoms with Crippen molar-refractivity contribution in [3.05, 3.63) is 71.0 Å². The minimum Gasteiger partial charge on any atom is -0.352 e. The lowest BCUT2D eigenvalue weighted by Gasteiger charge is -2.22. The van der Waals surface area contributed by atoms with Gasteiger partial charge in [0, 0.05) is 33.4 Å². The van der Waals surface area contributed by atoms with Gasteiger partial charge in [-0.3, -0.25) is 4.99 Å². The number of sulfone groups is 1. The van der Waals surface area contributed by atoms with Crippen molar-refractivity contribution in [2.45, 2.75) is 18.8 Å². The van der Waals surface area contributed by atoms with Gasteiger partial charge < -0.3 is 10.2 Å². The second-order valence-corrected chi connectivity index (χ2v) is 8.41. The molecule has 2 aromatic rings. The fourth-order valence-corrected chi connectivity index (χ4v) is 3.40. The average molecular weight is 377 g/mol. The van der Waals surface area contributed by atoms with Crippen LogP contribution in [0.4, 0.5) is 4.39 Å². The van der Waals surface area contributed by atoms with Crippen LogP contribution < -0.4 is 5.32 Å². The molecule has 0 radical (unpaired) electrons. The van der Waals surface area contributed by atoms with Crippen LogP contribution in [0.25, 0.3) is 0 Å². The van der Waals surface area contributed by atoms with E-state index in [9.17, 15) is 12.8 Å². The Balaban J connectivity index is 1.93. The van der Waals surface area contributed by atoms with Crippen LogP contribution in [-0.2, 0) is 28.7 Å². The predicted octanol–water partition coefficient (Wildman–Crippen LogP) is 2.58. The highest BCUT2D eigenvalue weighted by molar-refractivity contribution is 7.89. The van der Waals surface area contributed by atoms with Crippen molar-refractivity contribution in [1.82, 2.24) is 10.2 Å². The van der Waals surface area contributed by atoms with Crippen LogP contribution in [0.5, 0.6) is 0 Å². The SMILES string of the molecule is CN=C(NCc1ccc(CS(C)(=O)=O)cc1)N(C)Cc1cccc(F)c1. The zero-order valence-corrected chi connectivity index (χ0v) is 16.1. The standard InChI is InChI=1S/C19H24FN3O2S/c1-21-19(23(2)13-17-5-4-6-18(20)11-17)22-12-15-7-9-16(10-8-15)14-26(3,24)25/h4-11H,12-14H2,1-3H3,(H,21,22). The highest BCUT2D eigenvalue weighted by Crippen LogP contribution is 2.09.